The number of fused-ring (bicyclic) bond motifs is 2. The Balaban J connectivity index is 1.51. The average molecular weight is 383 g/mol. The molecule has 26 heavy (non-hydrogen) atoms. The normalized spacial score (nSPS) is 28.5. The summed E-state index contributed by atoms with van der Waals surface area (Å²) in [5, 5.41) is 3.08. The van der Waals surface area contributed by atoms with Crippen molar-refractivity contribution in [1.29, 1.82) is 0 Å². The molecule has 0 aliphatic heterocycles. The fourth-order valence-electron chi connectivity index (χ4n) is 4.32. The molecule has 3 rings (SSSR count). The number of nitrogens with two attached hydrogens (primary N) is 1. The lowest BCUT2D eigenvalue weighted by Crippen LogP contribution is -2.54. The van der Waals surface area contributed by atoms with E-state index in [1.165, 1.54) is 24.6 Å². The van der Waals surface area contributed by atoms with Gasteiger partial charge in [0.1, 0.15) is 10.7 Å². The van der Waals surface area contributed by atoms with E-state index in [1.807, 2.05) is 0 Å². The minimum atomic E-state index is -3.96. The summed E-state index contributed by atoms with van der Waals surface area (Å²) < 4.78 is 40.2. The van der Waals surface area contributed by atoms with Crippen LogP contribution < -0.4 is 15.8 Å². The fourth-order valence-corrected chi connectivity index (χ4v) is 5.43. The van der Waals surface area contributed by atoms with Crippen LogP contribution in [0, 0.1) is 17.7 Å². The molecule has 2 bridgehead atoms. The van der Waals surface area contributed by atoms with Crippen LogP contribution in [0.3, 0.4) is 0 Å². The van der Waals surface area contributed by atoms with E-state index in [2.05, 4.69) is 10.0 Å². The number of rotatable bonds is 6. The standard InChI is InChI=1S/C18H26FN3O3S/c19-15-6-1-2-7-16(15)26(24,25)21-9-8-17(23)22-18-12-4-3-5-13(18)11-14(20)10-12/h1-2,6-7,12-14,18,21H,3-5,8-11,20H2,(H,22,23). The van der Waals surface area contributed by atoms with Crippen molar-refractivity contribution in [2.45, 2.75) is 55.5 Å². The first kappa shape index (κ1) is 19.3. The van der Waals surface area contributed by atoms with Crippen LogP contribution in [-0.4, -0.2) is 33.0 Å². The van der Waals surface area contributed by atoms with E-state index in [9.17, 15) is 17.6 Å². The van der Waals surface area contributed by atoms with E-state index in [0.29, 0.717) is 11.8 Å². The van der Waals surface area contributed by atoms with Gasteiger partial charge in [0.2, 0.25) is 15.9 Å². The molecule has 1 amide bonds. The van der Waals surface area contributed by atoms with Gasteiger partial charge in [-0.1, -0.05) is 18.6 Å². The smallest absolute Gasteiger partial charge is 0.243 e. The zero-order chi connectivity index (χ0) is 18.7. The predicted molar refractivity (Wildman–Crippen MR) is 96.2 cm³/mol. The van der Waals surface area contributed by atoms with Gasteiger partial charge in [-0.15, -0.1) is 0 Å². The molecule has 0 heterocycles. The summed E-state index contributed by atoms with van der Waals surface area (Å²) in [6.45, 7) is -0.0654. The van der Waals surface area contributed by atoms with Gasteiger partial charge in [0.05, 0.1) is 0 Å². The van der Waals surface area contributed by atoms with Crippen LogP contribution in [0.1, 0.15) is 38.5 Å². The first-order valence-electron chi connectivity index (χ1n) is 9.16. The van der Waals surface area contributed by atoms with Crippen molar-refractivity contribution in [3.05, 3.63) is 30.1 Å². The second-order valence-corrected chi connectivity index (χ2v) is 9.09. The lowest BCUT2D eigenvalue weighted by molar-refractivity contribution is -0.123. The molecule has 2 aliphatic carbocycles. The van der Waals surface area contributed by atoms with Crippen LogP contribution in [-0.2, 0) is 14.8 Å². The van der Waals surface area contributed by atoms with Crippen molar-refractivity contribution in [3.63, 3.8) is 0 Å². The van der Waals surface area contributed by atoms with Crippen molar-refractivity contribution in [2.24, 2.45) is 17.6 Å². The Kier molecular flexibility index (Phi) is 5.94. The Morgan fingerprint density at radius 2 is 1.85 bits per heavy atom. The largest absolute Gasteiger partial charge is 0.353 e. The molecule has 1 aromatic rings. The monoisotopic (exact) mass is 383 g/mol. The number of carbonyl (C=O) groups is 1. The second-order valence-electron chi connectivity index (χ2n) is 7.35. The maximum atomic E-state index is 13.6. The minimum absolute atomic E-state index is 0.0235. The van der Waals surface area contributed by atoms with Crippen LogP contribution >= 0.6 is 0 Å². The SMILES string of the molecule is NC1CC2CCCC(C1)C2NC(=O)CCNS(=O)(=O)c1ccccc1F. The van der Waals surface area contributed by atoms with E-state index < -0.39 is 20.7 Å². The lowest BCUT2D eigenvalue weighted by atomic mass is 9.67. The summed E-state index contributed by atoms with van der Waals surface area (Å²) in [4.78, 5) is 11.9. The van der Waals surface area contributed by atoms with Crippen molar-refractivity contribution in [2.75, 3.05) is 6.54 Å². The zero-order valence-corrected chi connectivity index (χ0v) is 15.5. The topological polar surface area (TPSA) is 101 Å². The molecule has 0 radical (unpaired) electrons. The van der Waals surface area contributed by atoms with E-state index in [1.54, 1.807) is 0 Å². The minimum Gasteiger partial charge on any atom is -0.353 e. The summed E-state index contributed by atoms with van der Waals surface area (Å²) in [7, 11) is -3.96. The molecule has 0 spiro atoms. The molecular formula is C18H26FN3O3S. The van der Waals surface area contributed by atoms with Gasteiger partial charge >= 0.3 is 0 Å². The Morgan fingerprint density at radius 1 is 1.19 bits per heavy atom. The number of hydrogen-bond acceptors (Lipinski definition) is 4. The van der Waals surface area contributed by atoms with Gasteiger partial charge in [-0.05, 0) is 49.7 Å². The summed E-state index contributed by atoms with van der Waals surface area (Å²) in [6.07, 6.45) is 5.22. The third-order valence-electron chi connectivity index (χ3n) is 5.47. The lowest BCUT2D eigenvalue weighted by Gasteiger charge is -2.45. The summed E-state index contributed by atoms with van der Waals surface area (Å²) in [5.74, 6) is -0.164. The number of amides is 1. The molecule has 4 N–H and O–H groups in total. The fraction of sp³-hybridized carbons (Fsp3) is 0.611. The Labute approximate surface area is 153 Å². The van der Waals surface area contributed by atoms with Crippen LogP contribution in [0.4, 0.5) is 4.39 Å². The van der Waals surface area contributed by atoms with Gasteiger partial charge in [-0.3, -0.25) is 4.79 Å². The predicted octanol–water partition coefficient (Wildman–Crippen LogP) is 1.52. The Hall–Kier alpha value is -1.51. The Morgan fingerprint density at radius 3 is 2.50 bits per heavy atom. The molecule has 0 aromatic heterocycles. The molecule has 2 saturated carbocycles. The molecule has 1 aromatic carbocycles. The van der Waals surface area contributed by atoms with Gasteiger partial charge in [0.25, 0.3) is 0 Å². The number of nitrogens with one attached hydrogen (secondary N) is 2. The molecule has 144 valence electrons. The third kappa shape index (κ3) is 4.42. The van der Waals surface area contributed by atoms with Crippen molar-refractivity contribution in [3.8, 4) is 0 Å². The number of hydrogen-bond donors (Lipinski definition) is 3. The summed E-state index contributed by atoms with van der Waals surface area (Å²) in [5.41, 5.74) is 6.09. The highest BCUT2D eigenvalue weighted by molar-refractivity contribution is 7.89. The maximum absolute atomic E-state index is 13.6. The van der Waals surface area contributed by atoms with E-state index >= 15 is 0 Å². The van der Waals surface area contributed by atoms with Crippen molar-refractivity contribution >= 4 is 15.9 Å². The van der Waals surface area contributed by atoms with E-state index in [4.69, 9.17) is 5.73 Å². The number of halogens is 1. The number of benzene rings is 1. The first-order valence-corrected chi connectivity index (χ1v) is 10.6. The van der Waals surface area contributed by atoms with Gasteiger partial charge in [-0.2, -0.15) is 0 Å². The number of carbonyl (C=O) groups excluding carboxylic acids is 1. The third-order valence-corrected chi connectivity index (χ3v) is 6.97. The first-order chi connectivity index (χ1) is 12.4. The van der Waals surface area contributed by atoms with E-state index in [0.717, 1.165) is 31.7 Å². The van der Waals surface area contributed by atoms with Gasteiger partial charge in [0.15, 0.2) is 0 Å². The maximum Gasteiger partial charge on any atom is 0.243 e. The summed E-state index contributed by atoms with van der Waals surface area (Å²) >= 11 is 0. The second kappa shape index (κ2) is 8.02. The Bertz CT molecular complexity index is 742. The van der Waals surface area contributed by atoms with Crippen molar-refractivity contribution in [1.82, 2.24) is 10.0 Å². The summed E-state index contributed by atoms with van der Waals surface area (Å²) in [6, 6.07) is 5.52. The number of sulfonamides is 1. The van der Waals surface area contributed by atoms with Gasteiger partial charge < -0.3 is 11.1 Å². The molecule has 2 unspecified atom stereocenters. The van der Waals surface area contributed by atoms with Crippen LogP contribution in [0.5, 0.6) is 0 Å². The zero-order valence-electron chi connectivity index (χ0n) is 14.7. The van der Waals surface area contributed by atoms with Gasteiger partial charge in [0, 0.05) is 25.0 Å². The highest BCUT2D eigenvalue weighted by Crippen LogP contribution is 2.39. The van der Waals surface area contributed by atoms with Crippen LogP contribution in [0.25, 0.3) is 0 Å². The molecule has 2 fully saturated rings. The molecule has 2 aliphatic rings. The highest BCUT2D eigenvalue weighted by atomic mass is 32.2. The van der Waals surface area contributed by atoms with Crippen LogP contribution in [0.2, 0.25) is 0 Å². The highest BCUT2D eigenvalue weighted by Gasteiger charge is 2.39. The van der Waals surface area contributed by atoms with Gasteiger partial charge in [-0.25, -0.2) is 17.5 Å². The van der Waals surface area contributed by atoms with Crippen LogP contribution in [0.15, 0.2) is 29.2 Å². The molecule has 8 heteroatoms. The quantitative estimate of drug-likeness (QED) is 0.693. The molecule has 0 saturated heterocycles. The van der Waals surface area contributed by atoms with E-state index in [-0.39, 0.29) is 31.0 Å². The molecule has 2 atom stereocenters. The molecule has 6 nitrogen and oxygen atoms in total. The molecular weight excluding hydrogens is 357 g/mol. The van der Waals surface area contributed by atoms with Crippen molar-refractivity contribution < 1.29 is 17.6 Å². The average Bonchev–Trinajstić information content (AvgIpc) is 2.56.